The maximum Gasteiger partial charge on any atom is 0.118 e. The van der Waals surface area contributed by atoms with E-state index in [9.17, 15) is 0 Å². The van der Waals surface area contributed by atoms with Crippen molar-refractivity contribution < 1.29 is 4.74 Å². The number of methoxy groups -OCH3 is 1. The van der Waals surface area contributed by atoms with E-state index >= 15 is 0 Å². The topological polar surface area (TPSA) is 21.3 Å². The summed E-state index contributed by atoms with van der Waals surface area (Å²) in [5.41, 5.74) is 1.22. The van der Waals surface area contributed by atoms with Crippen LogP contribution in [0.4, 0.5) is 0 Å². The lowest BCUT2D eigenvalue weighted by atomic mass is 10.2. The first-order valence-electron chi connectivity index (χ1n) is 5.34. The Kier molecular flexibility index (Phi) is 4.50. The number of benzene rings is 1. The summed E-state index contributed by atoms with van der Waals surface area (Å²) in [6, 6.07) is 8.04. The Morgan fingerprint density at radius 3 is 2.25 bits per heavy atom. The smallest absolute Gasteiger partial charge is 0.118 e. The molecule has 0 atom stereocenters. The van der Waals surface area contributed by atoms with Crippen molar-refractivity contribution in [3.63, 3.8) is 0 Å². The summed E-state index contributed by atoms with van der Waals surface area (Å²) >= 11 is 5.37. The highest BCUT2D eigenvalue weighted by Crippen LogP contribution is 2.11. The van der Waals surface area contributed by atoms with Crippen LogP contribution in [0.1, 0.15) is 5.56 Å². The molecule has 0 aliphatic carbocycles. The number of hydrogen-bond donors (Lipinski definition) is 1. The Morgan fingerprint density at radius 2 is 1.81 bits per heavy atom. The summed E-state index contributed by atoms with van der Waals surface area (Å²) in [5, 5.41) is 3.33. The summed E-state index contributed by atoms with van der Waals surface area (Å²) < 4.78 is 6.14. The van der Waals surface area contributed by atoms with Crippen LogP contribution in [0.2, 0.25) is 19.6 Å². The van der Waals surface area contributed by atoms with Crippen LogP contribution < -0.4 is 10.1 Å². The molecule has 0 aromatic heterocycles. The fourth-order valence-corrected chi connectivity index (χ4v) is 1.88. The Bertz CT molecular complexity index is 356. The molecule has 0 spiro atoms. The van der Waals surface area contributed by atoms with E-state index < -0.39 is 8.07 Å². The van der Waals surface area contributed by atoms with Crippen molar-refractivity contribution in [3.8, 4) is 5.75 Å². The highest BCUT2D eigenvalue weighted by atomic mass is 32.1. The molecule has 4 heteroatoms. The van der Waals surface area contributed by atoms with Crippen LogP contribution in [0.5, 0.6) is 5.75 Å². The Labute approximate surface area is 104 Å². The van der Waals surface area contributed by atoms with E-state index in [1.807, 2.05) is 12.1 Å². The van der Waals surface area contributed by atoms with Gasteiger partial charge in [-0.2, -0.15) is 0 Å². The summed E-state index contributed by atoms with van der Waals surface area (Å²) in [6.45, 7) is 7.54. The van der Waals surface area contributed by atoms with Gasteiger partial charge < -0.3 is 10.1 Å². The predicted octanol–water partition coefficient (Wildman–Crippen LogP) is 2.99. The fraction of sp³-hybridized carbons (Fsp3) is 0.417. The van der Waals surface area contributed by atoms with E-state index in [1.54, 1.807) is 7.11 Å². The second kappa shape index (κ2) is 5.45. The maximum absolute atomic E-state index is 5.37. The van der Waals surface area contributed by atoms with Crippen LogP contribution in [0.3, 0.4) is 0 Å². The molecule has 0 radical (unpaired) electrons. The number of ether oxygens (including phenoxy) is 1. The second-order valence-electron chi connectivity index (χ2n) is 4.78. The molecule has 1 aromatic rings. The normalized spacial score (nSPS) is 11.0. The average Bonchev–Trinajstić information content (AvgIpc) is 2.25. The Morgan fingerprint density at radius 1 is 1.25 bits per heavy atom. The van der Waals surface area contributed by atoms with E-state index in [4.69, 9.17) is 17.0 Å². The summed E-state index contributed by atoms with van der Waals surface area (Å²) in [5.74, 6) is 0.886. The summed E-state index contributed by atoms with van der Waals surface area (Å²) in [7, 11) is 0.338. The molecular weight excluding hydrogens is 234 g/mol. The lowest BCUT2D eigenvalue weighted by Gasteiger charge is -2.19. The van der Waals surface area contributed by atoms with Gasteiger partial charge in [0, 0.05) is 6.54 Å². The van der Waals surface area contributed by atoms with E-state index in [-0.39, 0.29) is 0 Å². The minimum absolute atomic E-state index is 0.799. The Balaban J connectivity index is 2.52. The summed E-state index contributed by atoms with van der Waals surface area (Å²) in [6.07, 6.45) is 0. The van der Waals surface area contributed by atoms with Gasteiger partial charge in [0.1, 0.15) is 13.8 Å². The van der Waals surface area contributed by atoms with Crippen molar-refractivity contribution >= 4 is 24.9 Å². The number of rotatable bonds is 4. The van der Waals surface area contributed by atoms with Gasteiger partial charge in [0.05, 0.1) is 11.7 Å². The van der Waals surface area contributed by atoms with Gasteiger partial charge in [-0.1, -0.05) is 44.0 Å². The van der Waals surface area contributed by atoms with Gasteiger partial charge in [-0.05, 0) is 17.7 Å². The molecule has 1 rings (SSSR count). The molecule has 0 heterocycles. The first-order valence-corrected chi connectivity index (χ1v) is 9.25. The van der Waals surface area contributed by atoms with Gasteiger partial charge in [0.25, 0.3) is 0 Å². The van der Waals surface area contributed by atoms with E-state index in [2.05, 4.69) is 37.1 Å². The SMILES string of the molecule is COc1ccc(CNC(=S)[Si](C)(C)C)cc1. The number of hydrogen-bond acceptors (Lipinski definition) is 2. The molecule has 16 heavy (non-hydrogen) atoms. The number of nitrogens with one attached hydrogen (secondary N) is 1. The van der Waals surface area contributed by atoms with Gasteiger partial charge in [-0.25, -0.2) is 0 Å². The van der Waals surface area contributed by atoms with Crippen molar-refractivity contribution in [1.29, 1.82) is 0 Å². The molecule has 2 nitrogen and oxygen atoms in total. The molecule has 0 unspecified atom stereocenters. The molecule has 0 bridgehead atoms. The molecule has 1 aromatic carbocycles. The maximum atomic E-state index is 5.37. The van der Waals surface area contributed by atoms with Crippen molar-refractivity contribution in [2.24, 2.45) is 0 Å². The third-order valence-corrected chi connectivity index (χ3v) is 5.81. The zero-order chi connectivity index (χ0) is 12.2. The monoisotopic (exact) mass is 253 g/mol. The molecule has 1 N–H and O–H groups in total. The third kappa shape index (κ3) is 3.94. The second-order valence-corrected chi connectivity index (χ2v) is 10.6. The lowest BCUT2D eigenvalue weighted by molar-refractivity contribution is 0.414. The quantitative estimate of drug-likeness (QED) is 0.658. The summed E-state index contributed by atoms with van der Waals surface area (Å²) in [4.78, 5) is 0. The van der Waals surface area contributed by atoms with Crippen molar-refractivity contribution in [3.05, 3.63) is 29.8 Å². The molecule has 0 aliphatic rings. The van der Waals surface area contributed by atoms with E-state index in [1.165, 1.54) is 5.56 Å². The van der Waals surface area contributed by atoms with Crippen LogP contribution in [-0.4, -0.2) is 19.8 Å². The van der Waals surface area contributed by atoms with Crippen LogP contribution in [0.25, 0.3) is 0 Å². The molecule has 0 saturated carbocycles. The fourth-order valence-electron chi connectivity index (χ4n) is 1.19. The number of thiocarbonyl (C=S) groups is 1. The first-order chi connectivity index (χ1) is 7.43. The third-order valence-electron chi connectivity index (χ3n) is 2.29. The van der Waals surface area contributed by atoms with Crippen molar-refractivity contribution in [2.75, 3.05) is 7.11 Å². The highest BCUT2D eigenvalue weighted by Gasteiger charge is 2.19. The lowest BCUT2D eigenvalue weighted by Crippen LogP contribution is -2.41. The molecule has 0 saturated heterocycles. The molecule has 88 valence electrons. The molecule has 0 amide bonds. The average molecular weight is 253 g/mol. The Hall–Kier alpha value is -0.873. The van der Waals surface area contributed by atoms with Gasteiger partial charge in [0.2, 0.25) is 0 Å². The van der Waals surface area contributed by atoms with E-state index in [0.717, 1.165) is 16.9 Å². The van der Waals surface area contributed by atoms with Crippen LogP contribution in [0.15, 0.2) is 24.3 Å². The highest BCUT2D eigenvalue weighted by molar-refractivity contribution is 7.84. The molecule has 0 fully saturated rings. The first kappa shape index (κ1) is 13.2. The van der Waals surface area contributed by atoms with E-state index in [0.29, 0.717) is 0 Å². The molecular formula is C12H19NOSSi. The van der Waals surface area contributed by atoms with Crippen molar-refractivity contribution in [2.45, 2.75) is 26.2 Å². The standard InChI is InChI=1S/C12H19NOSSi/c1-14-11-7-5-10(6-8-11)9-13-12(15)16(2,3)4/h5-8H,9H2,1-4H3,(H,13,15). The van der Waals surface area contributed by atoms with Gasteiger partial charge in [-0.15, -0.1) is 0 Å². The van der Waals surface area contributed by atoms with Crippen LogP contribution in [0, 0.1) is 0 Å². The zero-order valence-corrected chi connectivity index (χ0v) is 12.1. The van der Waals surface area contributed by atoms with Crippen LogP contribution in [-0.2, 0) is 6.54 Å². The minimum Gasteiger partial charge on any atom is -0.497 e. The van der Waals surface area contributed by atoms with Gasteiger partial charge in [-0.3, -0.25) is 0 Å². The predicted molar refractivity (Wildman–Crippen MR) is 75.8 cm³/mol. The van der Waals surface area contributed by atoms with Crippen LogP contribution >= 0.6 is 12.2 Å². The van der Waals surface area contributed by atoms with Gasteiger partial charge in [0.15, 0.2) is 0 Å². The largest absolute Gasteiger partial charge is 0.497 e. The van der Waals surface area contributed by atoms with Gasteiger partial charge >= 0.3 is 0 Å². The minimum atomic E-state index is -1.34. The zero-order valence-electron chi connectivity index (χ0n) is 10.3. The molecule has 0 aliphatic heterocycles. The van der Waals surface area contributed by atoms with Crippen molar-refractivity contribution in [1.82, 2.24) is 5.32 Å².